The summed E-state index contributed by atoms with van der Waals surface area (Å²) in [7, 11) is 0. The number of benzene rings is 1. The normalized spacial score (nSPS) is 17.2. The van der Waals surface area contributed by atoms with Crippen molar-refractivity contribution in [2.45, 2.75) is 37.8 Å². The Balaban J connectivity index is 1.71. The van der Waals surface area contributed by atoms with Gasteiger partial charge in [-0.05, 0) is 18.4 Å². The van der Waals surface area contributed by atoms with Crippen LogP contribution in [-0.2, 0) is 11.3 Å². The fraction of sp³-hybridized carbons (Fsp3) is 0.600. The largest absolute Gasteiger partial charge is 0.401 e. The van der Waals surface area contributed by atoms with Gasteiger partial charge in [-0.2, -0.15) is 13.2 Å². The zero-order chi connectivity index (χ0) is 15.3. The number of aliphatic hydroxyl groups is 1. The first kappa shape index (κ1) is 16.3. The molecule has 1 atom stereocenters. The highest BCUT2D eigenvalue weighted by molar-refractivity contribution is 5.13. The monoisotopic (exact) mass is 303 g/mol. The van der Waals surface area contributed by atoms with Crippen molar-refractivity contribution >= 4 is 0 Å². The van der Waals surface area contributed by atoms with Gasteiger partial charge in [0, 0.05) is 12.6 Å². The summed E-state index contributed by atoms with van der Waals surface area (Å²) in [5, 5.41) is 9.84. The van der Waals surface area contributed by atoms with Crippen molar-refractivity contribution in [3.05, 3.63) is 35.9 Å². The van der Waals surface area contributed by atoms with Gasteiger partial charge in [0.1, 0.15) is 0 Å². The predicted octanol–water partition coefficient (Wildman–Crippen LogP) is 2.59. The average Bonchev–Trinajstić information content (AvgIpc) is 3.22. The fourth-order valence-electron chi connectivity index (χ4n) is 2.22. The molecule has 0 heterocycles. The van der Waals surface area contributed by atoms with Crippen LogP contribution >= 0.6 is 0 Å². The molecule has 0 aliphatic heterocycles. The van der Waals surface area contributed by atoms with Crippen molar-refractivity contribution < 1.29 is 23.0 Å². The van der Waals surface area contributed by atoms with Crippen LogP contribution < -0.4 is 0 Å². The molecule has 0 radical (unpaired) electrons. The van der Waals surface area contributed by atoms with E-state index in [4.69, 9.17) is 4.74 Å². The van der Waals surface area contributed by atoms with E-state index in [1.165, 1.54) is 4.90 Å². The summed E-state index contributed by atoms with van der Waals surface area (Å²) in [6.45, 7) is -0.580. The summed E-state index contributed by atoms with van der Waals surface area (Å²) in [6, 6.07) is 9.40. The van der Waals surface area contributed by atoms with Crippen LogP contribution in [0.15, 0.2) is 30.3 Å². The summed E-state index contributed by atoms with van der Waals surface area (Å²) >= 11 is 0. The van der Waals surface area contributed by atoms with Gasteiger partial charge in [0.2, 0.25) is 0 Å². The Kier molecular flexibility index (Phi) is 5.61. The van der Waals surface area contributed by atoms with E-state index in [9.17, 15) is 18.3 Å². The number of nitrogens with zero attached hydrogens (tertiary/aromatic N) is 1. The molecule has 1 unspecified atom stereocenters. The lowest BCUT2D eigenvalue weighted by atomic mass is 10.2. The molecule has 1 N–H and O–H groups in total. The Morgan fingerprint density at radius 1 is 1.24 bits per heavy atom. The molecular formula is C15H20F3NO2. The number of ether oxygens (including phenoxy) is 1. The van der Waals surface area contributed by atoms with Crippen LogP contribution in [0.3, 0.4) is 0 Å². The van der Waals surface area contributed by atoms with Crippen LogP contribution in [0.1, 0.15) is 18.4 Å². The van der Waals surface area contributed by atoms with E-state index >= 15 is 0 Å². The van der Waals surface area contributed by atoms with Gasteiger partial charge in [0.25, 0.3) is 0 Å². The van der Waals surface area contributed by atoms with Gasteiger partial charge in [0.05, 0.1) is 25.9 Å². The third kappa shape index (κ3) is 6.46. The molecule has 1 fully saturated rings. The minimum Gasteiger partial charge on any atom is -0.389 e. The number of alkyl halides is 3. The summed E-state index contributed by atoms with van der Waals surface area (Å²) in [6.07, 6.45) is -3.59. The van der Waals surface area contributed by atoms with E-state index in [2.05, 4.69) is 0 Å². The number of aliphatic hydroxyl groups excluding tert-OH is 1. The number of hydrogen-bond donors (Lipinski definition) is 1. The first-order valence-corrected chi connectivity index (χ1v) is 7.04. The van der Waals surface area contributed by atoms with Gasteiger partial charge < -0.3 is 9.84 Å². The van der Waals surface area contributed by atoms with Crippen molar-refractivity contribution in [3.8, 4) is 0 Å². The standard InChI is InChI=1S/C15H20F3NO2/c16-15(17,18)11-19(13-6-7-13)8-14(20)10-21-9-12-4-2-1-3-5-12/h1-5,13-14,20H,6-11H2. The maximum atomic E-state index is 12.5. The van der Waals surface area contributed by atoms with Gasteiger partial charge in [-0.15, -0.1) is 0 Å². The lowest BCUT2D eigenvalue weighted by Crippen LogP contribution is -2.42. The smallest absolute Gasteiger partial charge is 0.389 e. The van der Waals surface area contributed by atoms with Crippen molar-refractivity contribution in [2.75, 3.05) is 19.7 Å². The van der Waals surface area contributed by atoms with Crippen LogP contribution in [0.2, 0.25) is 0 Å². The zero-order valence-electron chi connectivity index (χ0n) is 11.7. The molecule has 2 rings (SSSR count). The second-order valence-corrected chi connectivity index (χ2v) is 5.43. The lowest BCUT2D eigenvalue weighted by molar-refractivity contribution is -0.151. The van der Waals surface area contributed by atoms with Crippen molar-refractivity contribution in [1.29, 1.82) is 0 Å². The minimum atomic E-state index is -4.23. The molecule has 1 aliphatic carbocycles. The summed E-state index contributed by atoms with van der Waals surface area (Å²) in [5.74, 6) is 0. The minimum absolute atomic E-state index is 0.00103. The molecule has 0 aromatic heterocycles. The summed E-state index contributed by atoms with van der Waals surface area (Å²) in [5.41, 5.74) is 0.971. The molecule has 1 saturated carbocycles. The van der Waals surface area contributed by atoms with Crippen molar-refractivity contribution in [1.82, 2.24) is 4.90 Å². The Labute approximate surface area is 122 Å². The van der Waals surface area contributed by atoms with E-state index in [1.54, 1.807) is 0 Å². The van der Waals surface area contributed by atoms with Crippen LogP contribution in [0.5, 0.6) is 0 Å². The second kappa shape index (κ2) is 7.24. The third-order valence-electron chi connectivity index (χ3n) is 3.31. The zero-order valence-corrected chi connectivity index (χ0v) is 11.7. The quantitative estimate of drug-likeness (QED) is 0.801. The predicted molar refractivity (Wildman–Crippen MR) is 72.8 cm³/mol. The van der Waals surface area contributed by atoms with Crippen LogP contribution in [-0.4, -0.2) is 48.0 Å². The van der Waals surface area contributed by atoms with E-state index in [0.29, 0.717) is 6.61 Å². The number of halogens is 3. The van der Waals surface area contributed by atoms with E-state index in [1.807, 2.05) is 30.3 Å². The molecule has 0 amide bonds. The summed E-state index contributed by atoms with van der Waals surface area (Å²) in [4.78, 5) is 1.30. The topological polar surface area (TPSA) is 32.7 Å². The fourth-order valence-corrected chi connectivity index (χ4v) is 2.22. The molecular weight excluding hydrogens is 283 g/mol. The van der Waals surface area contributed by atoms with Crippen LogP contribution in [0.25, 0.3) is 0 Å². The Hall–Kier alpha value is -1.11. The van der Waals surface area contributed by atoms with Gasteiger partial charge in [0.15, 0.2) is 0 Å². The first-order valence-electron chi connectivity index (χ1n) is 7.04. The molecule has 1 aromatic carbocycles. The van der Waals surface area contributed by atoms with Crippen LogP contribution in [0, 0.1) is 0 Å². The molecule has 1 aliphatic rings. The molecule has 0 spiro atoms. The van der Waals surface area contributed by atoms with E-state index in [0.717, 1.165) is 18.4 Å². The first-order chi connectivity index (χ1) is 9.94. The Morgan fingerprint density at radius 3 is 2.48 bits per heavy atom. The van der Waals surface area contributed by atoms with E-state index < -0.39 is 18.8 Å². The molecule has 1 aromatic rings. The molecule has 0 bridgehead atoms. The number of rotatable bonds is 8. The van der Waals surface area contributed by atoms with Crippen molar-refractivity contribution in [2.24, 2.45) is 0 Å². The molecule has 6 heteroatoms. The lowest BCUT2D eigenvalue weighted by Gasteiger charge is -2.25. The van der Waals surface area contributed by atoms with Crippen molar-refractivity contribution in [3.63, 3.8) is 0 Å². The molecule has 3 nitrogen and oxygen atoms in total. The van der Waals surface area contributed by atoms with E-state index in [-0.39, 0.29) is 19.2 Å². The highest BCUT2D eigenvalue weighted by Gasteiger charge is 2.38. The number of hydrogen-bond acceptors (Lipinski definition) is 3. The maximum Gasteiger partial charge on any atom is 0.401 e. The van der Waals surface area contributed by atoms with Crippen LogP contribution in [0.4, 0.5) is 13.2 Å². The molecule has 21 heavy (non-hydrogen) atoms. The summed E-state index contributed by atoms with van der Waals surface area (Å²) < 4.78 is 42.7. The third-order valence-corrected chi connectivity index (χ3v) is 3.31. The Bertz CT molecular complexity index is 421. The van der Waals surface area contributed by atoms with Gasteiger partial charge in [-0.3, -0.25) is 4.90 Å². The van der Waals surface area contributed by atoms with Gasteiger partial charge in [-0.1, -0.05) is 30.3 Å². The average molecular weight is 303 g/mol. The Morgan fingerprint density at radius 2 is 1.90 bits per heavy atom. The highest BCUT2D eigenvalue weighted by Crippen LogP contribution is 2.30. The highest BCUT2D eigenvalue weighted by atomic mass is 19.4. The maximum absolute atomic E-state index is 12.5. The molecule has 118 valence electrons. The van der Waals surface area contributed by atoms with Gasteiger partial charge >= 0.3 is 6.18 Å². The molecule has 0 saturated heterocycles. The van der Waals surface area contributed by atoms with Gasteiger partial charge in [-0.25, -0.2) is 0 Å². The second-order valence-electron chi connectivity index (χ2n) is 5.43. The SMILES string of the molecule is OC(COCc1ccccc1)CN(CC(F)(F)F)C1CC1.